The van der Waals surface area contributed by atoms with E-state index in [2.05, 4.69) is 4.40 Å². The molecule has 23 heavy (non-hydrogen) atoms. The van der Waals surface area contributed by atoms with Gasteiger partial charge in [-0.05, 0) is 41.1 Å². The maximum atomic E-state index is 12.2. The first kappa shape index (κ1) is 15.5. The van der Waals surface area contributed by atoms with Gasteiger partial charge in [0.1, 0.15) is 5.75 Å². The molecule has 0 aliphatic rings. The molecule has 0 saturated heterocycles. The highest BCUT2D eigenvalue weighted by molar-refractivity contribution is 7.90. The van der Waals surface area contributed by atoms with Crippen molar-refractivity contribution >= 4 is 38.6 Å². The molecule has 4 nitrogen and oxygen atoms in total. The molecule has 0 atom stereocenters. The molecule has 3 aromatic carbocycles. The van der Waals surface area contributed by atoms with Crippen LogP contribution in [0, 0.1) is 0 Å². The number of rotatable bonds is 3. The smallest absolute Gasteiger partial charge is 0.282 e. The maximum Gasteiger partial charge on any atom is 0.282 e. The van der Waals surface area contributed by atoms with E-state index >= 15 is 0 Å². The molecule has 1 N–H and O–H groups in total. The van der Waals surface area contributed by atoms with Gasteiger partial charge < -0.3 is 5.11 Å². The van der Waals surface area contributed by atoms with Crippen LogP contribution in [0.25, 0.3) is 10.8 Å². The molecule has 0 radical (unpaired) electrons. The molecule has 0 aromatic heterocycles. The van der Waals surface area contributed by atoms with E-state index in [1.54, 1.807) is 12.1 Å². The predicted molar refractivity (Wildman–Crippen MR) is 91.8 cm³/mol. The number of hydrogen-bond donors (Lipinski definition) is 1. The molecule has 3 rings (SSSR count). The monoisotopic (exact) mass is 345 g/mol. The topological polar surface area (TPSA) is 66.7 Å². The Balaban J connectivity index is 2.06. The Morgan fingerprint density at radius 3 is 2.39 bits per heavy atom. The molecule has 0 spiro atoms. The standard InChI is InChI=1S/C17H12ClNO3S/c18-13-6-8-14(9-7-13)23(21,22)19-11-16-15-4-2-1-3-12(15)5-10-17(16)20/h1-11,20H/b19-11+. The van der Waals surface area contributed by atoms with E-state index in [4.69, 9.17) is 11.6 Å². The molecule has 0 aliphatic heterocycles. The molecule has 0 unspecified atom stereocenters. The fraction of sp³-hybridized carbons (Fsp3) is 0. The minimum atomic E-state index is -3.86. The summed E-state index contributed by atoms with van der Waals surface area (Å²) in [7, 11) is -3.86. The number of sulfonamides is 1. The minimum absolute atomic E-state index is 0.0289. The summed E-state index contributed by atoms with van der Waals surface area (Å²) in [6.07, 6.45) is 1.17. The number of nitrogens with zero attached hydrogens (tertiary/aromatic N) is 1. The highest BCUT2D eigenvalue weighted by Crippen LogP contribution is 2.26. The van der Waals surface area contributed by atoms with Crippen molar-refractivity contribution in [3.05, 3.63) is 71.2 Å². The lowest BCUT2D eigenvalue weighted by Crippen LogP contribution is -1.98. The highest BCUT2D eigenvalue weighted by atomic mass is 35.5. The summed E-state index contributed by atoms with van der Waals surface area (Å²) in [4.78, 5) is 0.0397. The second-order valence-corrected chi connectivity index (χ2v) is 6.95. The third kappa shape index (κ3) is 3.21. The summed E-state index contributed by atoms with van der Waals surface area (Å²) < 4.78 is 28.2. The third-order valence-electron chi connectivity index (χ3n) is 3.38. The molecular weight excluding hydrogens is 334 g/mol. The second-order valence-electron chi connectivity index (χ2n) is 4.88. The zero-order valence-electron chi connectivity index (χ0n) is 11.8. The number of aromatic hydroxyl groups is 1. The lowest BCUT2D eigenvalue weighted by atomic mass is 10.0. The van der Waals surface area contributed by atoms with Gasteiger partial charge in [-0.3, -0.25) is 0 Å². The lowest BCUT2D eigenvalue weighted by Gasteiger charge is -2.05. The number of halogens is 1. The van der Waals surface area contributed by atoms with Crippen molar-refractivity contribution in [3.8, 4) is 5.75 Å². The first-order valence-corrected chi connectivity index (χ1v) is 8.56. The molecule has 0 amide bonds. The quantitative estimate of drug-likeness (QED) is 0.729. The lowest BCUT2D eigenvalue weighted by molar-refractivity contribution is 0.475. The Labute approximate surface area is 138 Å². The van der Waals surface area contributed by atoms with Gasteiger partial charge in [0.2, 0.25) is 0 Å². The Hall–Kier alpha value is -2.37. The number of fused-ring (bicyclic) bond motifs is 1. The summed E-state index contributed by atoms with van der Waals surface area (Å²) in [6, 6.07) is 16.4. The second kappa shape index (κ2) is 6.02. The van der Waals surface area contributed by atoms with Gasteiger partial charge in [0.15, 0.2) is 0 Å². The summed E-state index contributed by atoms with van der Waals surface area (Å²) >= 11 is 5.75. The normalized spacial score (nSPS) is 12.0. The zero-order chi connectivity index (χ0) is 16.4. The molecule has 0 aliphatic carbocycles. The SMILES string of the molecule is O=S(=O)(/N=C/c1c(O)ccc2ccccc12)c1ccc(Cl)cc1. The van der Waals surface area contributed by atoms with Crippen LogP contribution in [-0.2, 0) is 10.0 Å². The molecule has 0 bridgehead atoms. The highest BCUT2D eigenvalue weighted by Gasteiger charge is 2.12. The summed E-state index contributed by atoms with van der Waals surface area (Å²) in [6.45, 7) is 0. The Morgan fingerprint density at radius 2 is 1.65 bits per heavy atom. The van der Waals surface area contributed by atoms with E-state index in [-0.39, 0.29) is 10.6 Å². The van der Waals surface area contributed by atoms with Gasteiger partial charge in [-0.15, -0.1) is 0 Å². The van der Waals surface area contributed by atoms with E-state index in [9.17, 15) is 13.5 Å². The molecule has 0 saturated carbocycles. The average Bonchev–Trinajstić information content (AvgIpc) is 2.54. The van der Waals surface area contributed by atoms with Crippen molar-refractivity contribution in [1.82, 2.24) is 0 Å². The largest absolute Gasteiger partial charge is 0.507 e. The van der Waals surface area contributed by atoms with Crippen LogP contribution in [0.4, 0.5) is 0 Å². The van der Waals surface area contributed by atoms with Crippen molar-refractivity contribution in [2.24, 2.45) is 4.40 Å². The van der Waals surface area contributed by atoms with E-state index in [1.165, 1.54) is 36.5 Å². The van der Waals surface area contributed by atoms with Gasteiger partial charge in [-0.2, -0.15) is 12.8 Å². The molecule has 3 aromatic rings. The Morgan fingerprint density at radius 1 is 0.957 bits per heavy atom. The predicted octanol–water partition coefficient (Wildman–Crippen LogP) is 4.01. The molecule has 0 heterocycles. The van der Waals surface area contributed by atoms with Crippen LogP contribution in [0.1, 0.15) is 5.56 Å². The summed E-state index contributed by atoms with van der Waals surface area (Å²) in [5.41, 5.74) is 0.362. The van der Waals surface area contributed by atoms with Gasteiger partial charge >= 0.3 is 0 Å². The molecular formula is C17H12ClNO3S. The number of phenols is 1. The van der Waals surface area contributed by atoms with Crippen LogP contribution >= 0.6 is 11.6 Å². The Kier molecular flexibility index (Phi) is 4.07. The molecule has 0 fully saturated rings. The number of benzene rings is 3. The van der Waals surface area contributed by atoms with Gasteiger partial charge in [0.05, 0.1) is 11.1 Å². The summed E-state index contributed by atoms with van der Waals surface area (Å²) in [5, 5.41) is 12.1. The summed E-state index contributed by atoms with van der Waals surface area (Å²) in [5.74, 6) is -0.0289. The fourth-order valence-electron chi connectivity index (χ4n) is 2.21. The molecule has 6 heteroatoms. The van der Waals surface area contributed by atoms with Gasteiger partial charge in [0.25, 0.3) is 10.0 Å². The van der Waals surface area contributed by atoms with Gasteiger partial charge in [-0.25, -0.2) is 0 Å². The third-order valence-corrected chi connectivity index (χ3v) is 4.88. The maximum absolute atomic E-state index is 12.2. The first-order chi connectivity index (χ1) is 11.0. The van der Waals surface area contributed by atoms with Crippen molar-refractivity contribution < 1.29 is 13.5 Å². The van der Waals surface area contributed by atoms with Crippen molar-refractivity contribution in [2.45, 2.75) is 4.90 Å². The van der Waals surface area contributed by atoms with Crippen LogP contribution in [0.15, 0.2) is 70.0 Å². The zero-order valence-corrected chi connectivity index (χ0v) is 13.4. The number of phenolic OH excluding ortho intramolecular Hbond substituents is 1. The fourth-order valence-corrected chi connectivity index (χ4v) is 3.18. The van der Waals surface area contributed by atoms with Gasteiger partial charge in [-0.1, -0.05) is 41.9 Å². The van der Waals surface area contributed by atoms with E-state index in [0.29, 0.717) is 10.6 Å². The van der Waals surface area contributed by atoms with Crippen molar-refractivity contribution in [3.63, 3.8) is 0 Å². The first-order valence-electron chi connectivity index (χ1n) is 6.74. The van der Waals surface area contributed by atoms with Crippen LogP contribution in [0.5, 0.6) is 5.75 Å². The average molecular weight is 346 g/mol. The minimum Gasteiger partial charge on any atom is -0.507 e. The van der Waals surface area contributed by atoms with E-state index < -0.39 is 10.0 Å². The van der Waals surface area contributed by atoms with Crippen LogP contribution < -0.4 is 0 Å². The van der Waals surface area contributed by atoms with E-state index in [0.717, 1.165) is 10.8 Å². The molecule has 116 valence electrons. The van der Waals surface area contributed by atoms with Gasteiger partial charge in [0, 0.05) is 10.6 Å². The number of hydrogen-bond acceptors (Lipinski definition) is 3. The Bertz CT molecular complexity index is 996. The van der Waals surface area contributed by atoms with Crippen LogP contribution in [0.2, 0.25) is 5.02 Å². The van der Waals surface area contributed by atoms with Crippen molar-refractivity contribution in [1.29, 1.82) is 0 Å². The van der Waals surface area contributed by atoms with Crippen LogP contribution in [0.3, 0.4) is 0 Å². The van der Waals surface area contributed by atoms with Crippen LogP contribution in [-0.4, -0.2) is 19.7 Å². The van der Waals surface area contributed by atoms with E-state index in [1.807, 2.05) is 18.2 Å². The van der Waals surface area contributed by atoms with Crippen molar-refractivity contribution in [2.75, 3.05) is 0 Å².